The van der Waals surface area contributed by atoms with Crippen LogP contribution < -0.4 is 9.64 Å². The zero-order chi connectivity index (χ0) is 14.1. The van der Waals surface area contributed by atoms with E-state index in [1.165, 1.54) is 0 Å². The highest BCUT2D eigenvalue weighted by molar-refractivity contribution is 7.92. The van der Waals surface area contributed by atoms with Crippen molar-refractivity contribution in [3.63, 3.8) is 0 Å². The number of hydrogen-bond donors (Lipinski definition) is 0. The molecule has 1 aromatic heterocycles. The Bertz CT molecular complexity index is 557. The predicted octanol–water partition coefficient (Wildman–Crippen LogP) is 0.889. The first-order valence-corrected chi connectivity index (χ1v) is 7.94. The summed E-state index contributed by atoms with van der Waals surface area (Å²) >= 11 is 0. The monoisotopic (exact) mass is 285 g/mol. The summed E-state index contributed by atoms with van der Waals surface area (Å²) in [6, 6.07) is 1.69. The number of aromatic nitrogens is 2. The summed E-state index contributed by atoms with van der Waals surface area (Å²) in [6.07, 6.45) is 1.63. The molecule has 0 bridgehead atoms. The molecule has 6 nitrogen and oxygen atoms in total. The van der Waals surface area contributed by atoms with E-state index in [0.29, 0.717) is 31.5 Å². The molecule has 19 heavy (non-hydrogen) atoms. The second-order valence-corrected chi connectivity index (χ2v) is 7.87. The van der Waals surface area contributed by atoms with E-state index in [-0.39, 0.29) is 5.75 Å². The summed E-state index contributed by atoms with van der Waals surface area (Å²) in [7, 11) is -3.05. The smallest absolute Gasteiger partial charge is 0.228 e. The Hall–Kier alpha value is -1.37. The van der Waals surface area contributed by atoms with E-state index in [1.807, 2.05) is 11.8 Å². The van der Waals surface area contributed by atoms with Crippen molar-refractivity contribution in [2.24, 2.45) is 0 Å². The molecule has 0 amide bonds. The van der Waals surface area contributed by atoms with Crippen LogP contribution in [0.2, 0.25) is 0 Å². The van der Waals surface area contributed by atoms with Crippen LogP contribution in [0, 0.1) is 0 Å². The van der Waals surface area contributed by atoms with E-state index in [9.17, 15) is 8.42 Å². The summed E-state index contributed by atoms with van der Waals surface area (Å²) in [5.74, 6) is 1.16. The molecular formula is C12H19N3O3S. The SMILES string of the molecule is CCOc1ccnc(N2CCS(=O)(=O)C(C)(C)C2)n1. The molecule has 0 unspecified atom stereocenters. The molecule has 106 valence electrons. The van der Waals surface area contributed by atoms with Crippen molar-refractivity contribution in [2.45, 2.75) is 25.5 Å². The molecule has 2 heterocycles. The Labute approximate surface area is 113 Å². The van der Waals surface area contributed by atoms with E-state index in [2.05, 4.69) is 9.97 Å². The lowest BCUT2D eigenvalue weighted by molar-refractivity contribution is 0.326. The number of nitrogens with zero attached hydrogens (tertiary/aromatic N) is 3. The molecule has 0 radical (unpaired) electrons. The van der Waals surface area contributed by atoms with Gasteiger partial charge in [0, 0.05) is 25.4 Å². The van der Waals surface area contributed by atoms with Crippen molar-refractivity contribution in [1.82, 2.24) is 9.97 Å². The molecule has 1 saturated heterocycles. The van der Waals surface area contributed by atoms with Gasteiger partial charge in [-0.15, -0.1) is 0 Å². The summed E-state index contributed by atoms with van der Waals surface area (Å²) in [4.78, 5) is 10.4. The number of anilines is 1. The van der Waals surface area contributed by atoms with Gasteiger partial charge in [0.1, 0.15) is 0 Å². The number of rotatable bonds is 3. The van der Waals surface area contributed by atoms with Gasteiger partial charge in [-0.05, 0) is 20.8 Å². The van der Waals surface area contributed by atoms with Gasteiger partial charge in [-0.3, -0.25) is 0 Å². The predicted molar refractivity (Wildman–Crippen MR) is 73.3 cm³/mol. The molecule has 1 aromatic rings. The van der Waals surface area contributed by atoms with Crippen molar-refractivity contribution in [3.8, 4) is 5.88 Å². The third-order valence-corrected chi connectivity index (χ3v) is 5.77. The average Bonchev–Trinajstić information content (AvgIpc) is 2.33. The van der Waals surface area contributed by atoms with Crippen LogP contribution >= 0.6 is 0 Å². The van der Waals surface area contributed by atoms with Gasteiger partial charge in [-0.2, -0.15) is 4.98 Å². The molecule has 1 aliphatic rings. The molecule has 7 heteroatoms. The van der Waals surface area contributed by atoms with Gasteiger partial charge in [0.15, 0.2) is 9.84 Å². The van der Waals surface area contributed by atoms with Crippen LogP contribution in [0.25, 0.3) is 0 Å². The van der Waals surface area contributed by atoms with Gasteiger partial charge in [0.25, 0.3) is 0 Å². The fraction of sp³-hybridized carbons (Fsp3) is 0.667. The Kier molecular flexibility index (Phi) is 3.66. The van der Waals surface area contributed by atoms with E-state index in [4.69, 9.17) is 4.74 Å². The molecule has 0 N–H and O–H groups in total. The van der Waals surface area contributed by atoms with Crippen molar-refractivity contribution in [3.05, 3.63) is 12.3 Å². The second-order valence-electron chi connectivity index (χ2n) is 5.13. The molecule has 0 spiro atoms. The molecule has 0 saturated carbocycles. The lowest BCUT2D eigenvalue weighted by Gasteiger charge is -2.37. The first kappa shape index (κ1) is 14.0. The Morgan fingerprint density at radius 1 is 1.47 bits per heavy atom. The van der Waals surface area contributed by atoms with E-state index < -0.39 is 14.6 Å². The fourth-order valence-corrected chi connectivity index (χ4v) is 3.39. The van der Waals surface area contributed by atoms with Crippen molar-refractivity contribution >= 4 is 15.8 Å². The topological polar surface area (TPSA) is 72.4 Å². The molecule has 1 fully saturated rings. The van der Waals surface area contributed by atoms with Gasteiger partial charge in [-0.25, -0.2) is 13.4 Å². The largest absolute Gasteiger partial charge is 0.478 e. The molecule has 2 rings (SSSR count). The first-order chi connectivity index (χ1) is 8.86. The third-order valence-electron chi connectivity index (χ3n) is 3.24. The fourth-order valence-electron chi connectivity index (χ4n) is 2.03. The zero-order valence-corrected chi connectivity index (χ0v) is 12.3. The van der Waals surface area contributed by atoms with E-state index >= 15 is 0 Å². The minimum Gasteiger partial charge on any atom is -0.478 e. The van der Waals surface area contributed by atoms with Crippen LogP contribution in [0.15, 0.2) is 12.3 Å². The van der Waals surface area contributed by atoms with Crippen LogP contribution in [-0.2, 0) is 9.84 Å². The minimum absolute atomic E-state index is 0.127. The van der Waals surface area contributed by atoms with Gasteiger partial charge >= 0.3 is 0 Å². The highest BCUT2D eigenvalue weighted by Gasteiger charge is 2.40. The molecule has 0 aromatic carbocycles. The van der Waals surface area contributed by atoms with Gasteiger partial charge in [0.05, 0.1) is 17.1 Å². The lowest BCUT2D eigenvalue weighted by Crippen LogP contribution is -2.53. The summed E-state index contributed by atoms with van der Waals surface area (Å²) in [5, 5.41) is 0. The highest BCUT2D eigenvalue weighted by atomic mass is 32.2. The van der Waals surface area contributed by atoms with E-state index in [0.717, 1.165) is 0 Å². The third kappa shape index (κ3) is 2.80. The quantitative estimate of drug-likeness (QED) is 0.821. The maximum absolute atomic E-state index is 12.0. The number of ether oxygens (including phenoxy) is 1. The number of sulfone groups is 1. The Morgan fingerprint density at radius 2 is 2.21 bits per heavy atom. The number of hydrogen-bond acceptors (Lipinski definition) is 6. The zero-order valence-electron chi connectivity index (χ0n) is 11.5. The Morgan fingerprint density at radius 3 is 2.84 bits per heavy atom. The van der Waals surface area contributed by atoms with Crippen LogP contribution in [0.3, 0.4) is 0 Å². The first-order valence-electron chi connectivity index (χ1n) is 6.29. The standard InChI is InChI=1S/C12H19N3O3S/c1-4-18-10-5-6-13-11(14-10)15-7-8-19(16,17)12(2,3)9-15/h5-6H,4,7-9H2,1-3H3. The van der Waals surface area contributed by atoms with Crippen LogP contribution in [0.1, 0.15) is 20.8 Å². The van der Waals surface area contributed by atoms with Gasteiger partial charge in [0.2, 0.25) is 11.8 Å². The summed E-state index contributed by atoms with van der Waals surface area (Å²) in [6.45, 7) is 6.71. The van der Waals surface area contributed by atoms with E-state index in [1.54, 1.807) is 26.1 Å². The van der Waals surface area contributed by atoms with Crippen molar-refractivity contribution < 1.29 is 13.2 Å². The molecular weight excluding hydrogens is 266 g/mol. The Balaban J connectivity index is 2.22. The lowest BCUT2D eigenvalue weighted by atomic mass is 10.2. The van der Waals surface area contributed by atoms with Crippen LogP contribution in [0.5, 0.6) is 5.88 Å². The highest BCUT2D eigenvalue weighted by Crippen LogP contribution is 2.26. The van der Waals surface area contributed by atoms with Gasteiger partial charge < -0.3 is 9.64 Å². The van der Waals surface area contributed by atoms with Crippen LogP contribution in [0.4, 0.5) is 5.95 Å². The summed E-state index contributed by atoms with van der Waals surface area (Å²) in [5.41, 5.74) is 0. The maximum Gasteiger partial charge on any atom is 0.228 e. The molecule has 0 aliphatic carbocycles. The average molecular weight is 285 g/mol. The molecule has 0 atom stereocenters. The van der Waals surface area contributed by atoms with Crippen molar-refractivity contribution in [1.29, 1.82) is 0 Å². The molecule has 1 aliphatic heterocycles. The van der Waals surface area contributed by atoms with Gasteiger partial charge in [-0.1, -0.05) is 0 Å². The van der Waals surface area contributed by atoms with Crippen LogP contribution in [-0.4, -0.2) is 48.6 Å². The normalized spacial score (nSPS) is 21.1. The summed E-state index contributed by atoms with van der Waals surface area (Å²) < 4.78 is 28.5. The second kappa shape index (κ2) is 4.96. The van der Waals surface area contributed by atoms with Crippen molar-refractivity contribution in [2.75, 3.05) is 30.3 Å². The minimum atomic E-state index is -3.05. The maximum atomic E-state index is 12.0.